The number of hydrogen-bond donors (Lipinski definition) is 1. The van der Waals surface area contributed by atoms with Crippen molar-refractivity contribution in [1.82, 2.24) is 4.98 Å². The lowest BCUT2D eigenvalue weighted by Gasteiger charge is -2.34. The van der Waals surface area contributed by atoms with Crippen LogP contribution in [0.15, 0.2) is 12.3 Å². The average Bonchev–Trinajstić information content (AvgIpc) is 2.31. The Morgan fingerprint density at radius 3 is 3.19 bits per heavy atom. The zero-order chi connectivity index (χ0) is 11.5. The molecule has 1 aliphatic rings. The van der Waals surface area contributed by atoms with Crippen LogP contribution in [0.25, 0.3) is 0 Å². The molecule has 0 bridgehead atoms. The lowest BCUT2D eigenvalue weighted by atomic mass is 10.2. The summed E-state index contributed by atoms with van der Waals surface area (Å²) >= 11 is 8.00. The van der Waals surface area contributed by atoms with Crippen LogP contribution in [0, 0.1) is 0 Å². The summed E-state index contributed by atoms with van der Waals surface area (Å²) in [5.41, 5.74) is 6.62. The maximum atomic E-state index is 6.01. The first-order valence-electron chi connectivity index (χ1n) is 5.41. The molecule has 1 aromatic heterocycles. The van der Waals surface area contributed by atoms with Gasteiger partial charge in [-0.15, -0.1) is 0 Å². The van der Waals surface area contributed by atoms with Crippen LogP contribution in [0.5, 0.6) is 0 Å². The minimum absolute atomic E-state index is 0.464. The van der Waals surface area contributed by atoms with Gasteiger partial charge in [0.15, 0.2) is 0 Å². The Labute approximate surface area is 105 Å². The Morgan fingerprint density at radius 1 is 1.69 bits per heavy atom. The second-order valence-corrected chi connectivity index (χ2v) is 5.51. The smallest absolute Gasteiger partial charge is 0.129 e. The molecule has 1 atom stereocenters. The number of rotatable bonds is 2. The molecule has 2 N–H and O–H groups in total. The first-order valence-corrected chi connectivity index (χ1v) is 6.94. The molecule has 0 spiro atoms. The number of aromatic nitrogens is 1. The fraction of sp³-hybridized carbons (Fsp3) is 0.545. The van der Waals surface area contributed by atoms with E-state index in [0.29, 0.717) is 17.6 Å². The average molecular weight is 258 g/mol. The maximum absolute atomic E-state index is 6.01. The number of halogens is 1. The van der Waals surface area contributed by atoms with E-state index >= 15 is 0 Å². The molecule has 2 rings (SSSR count). The molecular formula is C11H16ClN3S. The highest BCUT2D eigenvalue weighted by molar-refractivity contribution is 7.99. The molecule has 0 aliphatic carbocycles. The molecule has 2 heterocycles. The Kier molecular flexibility index (Phi) is 3.95. The predicted molar refractivity (Wildman–Crippen MR) is 71.3 cm³/mol. The van der Waals surface area contributed by atoms with E-state index in [4.69, 9.17) is 17.3 Å². The van der Waals surface area contributed by atoms with Gasteiger partial charge in [0.2, 0.25) is 0 Å². The van der Waals surface area contributed by atoms with Crippen molar-refractivity contribution in [3.05, 3.63) is 22.8 Å². The molecule has 1 aliphatic heterocycles. The van der Waals surface area contributed by atoms with Gasteiger partial charge in [-0.25, -0.2) is 4.98 Å². The second kappa shape index (κ2) is 5.25. The summed E-state index contributed by atoms with van der Waals surface area (Å²) in [6, 6.07) is 2.53. The fourth-order valence-corrected chi connectivity index (χ4v) is 3.04. The van der Waals surface area contributed by atoms with E-state index in [1.807, 2.05) is 17.8 Å². The van der Waals surface area contributed by atoms with E-state index in [9.17, 15) is 0 Å². The summed E-state index contributed by atoms with van der Waals surface area (Å²) in [6.45, 7) is 3.74. The van der Waals surface area contributed by atoms with Crippen LogP contribution in [-0.4, -0.2) is 29.1 Å². The van der Waals surface area contributed by atoms with E-state index < -0.39 is 0 Å². The summed E-state index contributed by atoms with van der Waals surface area (Å²) in [7, 11) is 0. The molecule has 88 valence electrons. The Bertz CT molecular complexity index is 372. The third-order valence-electron chi connectivity index (χ3n) is 2.80. The molecule has 0 amide bonds. The molecule has 16 heavy (non-hydrogen) atoms. The standard InChI is InChI=1S/C11H16ClN3S/c1-8-7-16-3-2-15(8)11-4-9(5-13)10(12)6-14-11/h4,6,8H,2-3,5,7,13H2,1H3. The molecule has 0 radical (unpaired) electrons. The van der Waals surface area contributed by atoms with Crippen LogP contribution < -0.4 is 10.6 Å². The zero-order valence-corrected chi connectivity index (χ0v) is 10.9. The highest BCUT2D eigenvalue weighted by Crippen LogP contribution is 2.25. The lowest BCUT2D eigenvalue weighted by molar-refractivity contribution is 0.689. The number of anilines is 1. The van der Waals surface area contributed by atoms with Crippen molar-refractivity contribution in [3.8, 4) is 0 Å². The third kappa shape index (κ3) is 2.44. The predicted octanol–water partition coefficient (Wildman–Crippen LogP) is 2.14. The first kappa shape index (κ1) is 12.0. The summed E-state index contributed by atoms with van der Waals surface area (Å²) in [6.07, 6.45) is 1.70. The normalized spacial score (nSPS) is 21.2. The summed E-state index contributed by atoms with van der Waals surface area (Å²) in [5, 5.41) is 0.658. The van der Waals surface area contributed by atoms with Crippen LogP contribution >= 0.6 is 23.4 Å². The van der Waals surface area contributed by atoms with Crippen LogP contribution in [0.4, 0.5) is 5.82 Å². The van der Waals surface area contributed by atoms with E-state index in [-0.39, 0.29) is 0 Å². The van der Waals surface area contributed by atoms with Crippen molar-refractivity contribution in [1.29, 1.82) is 0 Å². The van der Waals surface area contributed by atoms with Crippen molar-refractivity contribution in [2.45, 2.75) is 19.5 Å². The summed E-state index contributed by atoms with van der Waals surface area (Å²) in [5.74, 6) is 3.31. The van der Waals surface area contributed by atoms with Gasteiger partial charge >= 0.3 is 0 Å². The van der Waals surface area contributed by atoms with Crippen molar-refractivity contribution in [3.63, 3.8) is 0 Å². The van der Waals surface area contributed by atoms with E-state index in [0.717, 1.165) is 29.4 Å². The topological polar surface area (TPSA) is 42.1 Å². The lowest BCUT2D eigenvalue weighted by Crippen LogP contribution is -2.40. The second-order valence-electron chi connectivity index (χ2n) is 3.96. The van der Waals surface area contributed by atoms with Gasteiger partial charge in [-0.05, 0) is 18.6 Å². The number of pyridine rings is 1. The molecule has 1 saturated heterocycles. The number of nitrogens with two attached hydrogens (primary N) is 1. The SMILES string of the molecule is CC1CSCCN1c1cc(CN)c(Cl)cn1. The van der Waals surface area contributed by atoms with Crippen LogP contribution in [0.3, 0.4) is 0 Å². The molecule has 0 aromatic carbocycles. The third-order valence-corrected chi connectivity index (χ3v) is 4.33. The van der Waals surface area contributed by atoms with Gasteiger partial charge < -0.3 is 10.6 Å². The number of nitrogens with zero attached hydrogens (tertiary/aromatic N) is 2. The molecule has 1 unspecified atom stereocenters. The molecule has 0 saturated carbocycles. The van der Waals surface area contributed by atoms with Crippen molar-refractivity contribution < 1.29 is 0 Å². The quantitative estimate of drug-likeness (QED) is 0.882. The first-order chi connectivity index (χ1) is 7.72. The van der Waals surface area contributed by atoms with Crippen molar-refractivity contribution in [2.75, 3.05) is 23.0 Å². The zero-order valence-electron chi connectivity index (χ0n) is 9.32. The van der Waals surface area contributed by atoms with Crippen LogP contribution in [0.2, 0.25) is 5.02 Å². The Hall–Kier alpha value is -0.450. The fourth-order valence-electron chi connectivity index (χ4n) is 1.85. The molecule has 1 aromatic rings. The van der Waals surface area contributed by atoms with Gasteiger partial charge in [-0.3, -0.25) is 0 Å². The molecule has 1 fully saturated rings. The highest BCUT2D eigenvalue weighted by Gasteiger charge is 2.20. The number of hydrogen-bond acceptors (Lipinski definition) is 4. The van der Waals surface area contributed by atoms with Gasteiger partial charge in [0.05, 0.1) is 5.02 Å². The van der Waals surface area contributed by atoms with Crippen LogP contribution in [-0.2, 0) is 6.54 Å². The maximum Gasteiger partial charge on any atom is 0.129 e. The van der Waals surface area contributed by atoms with E-state index in [2.05, 4.69) is 16.8 Å². The molecule has 3 nitrogen and oxygen atoms in total. The summed E-state index contributed by atoms with van der Waals surface area (Å²) in [4.78, 5) is 6.72. The largest absolute Gasteiger partial charge is 0.352 e. The van der Waals surface area contributed by atoms with E-state index in [1.54, 1.807) is 6.20 Å². The van der Waals surface area contributed by atoms with Gasteiger partial charge in [-0.2, -0.15) is 11.8 Å². The molecular weight excluding hydrogens is 242 g/mol. The van der Waals surface area contributed by atoms with Crippen molar-refractivity contribution >= 4 is 29.2 Å². The Balaban J connectivity index is 2.25. The highest BCUT2D eigenvalue weighted by atomic mass is 35.5. The van der Waals surface area contributed by atoms with Gasteiger partial charge in [-0.1, -0.05) is 11.6 Å². The minimum Gasteiger partial charge on any atom is -0.352 e. The summed E-state index contributed by atoms with van der Waals surface area (Å²) < 4.78 is 0. The number of thioether (sulfide) groups is 1. The van der Waals surface area contributed by atoms with E-state index in [1.165, 1.54) is 0 Å². The minimum atomic E-state index is 0.464. The van der Waals surface area contributed by atoms with Crippen molar-refractivity contribution in [2.24, 2.45) is 5.73 Å². The van der Waals surface area contributed by atoms with Gasteiger partial charge in [0.1, 0.15) is 5.82 Å². The van der Waals surface area contributed by atoms with Crippen LogP contribution in [0.1, 0.15) is 12.5 Å². The van der Waals surface area contributed by atoms with Gasteiger partial charge in [0.25, 0.3) is 0 Å². The monoisotopic (exact) mass is 257 g/mol. The Morgan fingerprint density at radius 2 is 2.50 bits per heavy atom. The van der Waals surface area contributed by atoms with Gasteiger partial charge in [0, 0.05) is 36.8 Å². The molecule has 5 heteroatoms.